The Morgan fingerprint density at radius 3 is 2.86 bits per heavy atom. The van der Waals surface area contributed by atoms with E-state index in [1.54, 1.807) is 6.07 Å². The number of hydrogen-bond donors (Lipinski definition) is 2. The molecule has 1 aliphatic heterocycles. The van der Waals surface area contributed by atoms with Crippen LogP contribution < -0.4 is 5.32 Å². The lowest BCUT2D eigenvalue weighted by Gasteiger charge is -2.24. The van der Waals surface area contributed by atoms with Crippen molar-refractivity contribution in [3.63, 3.8) is 0 Å². The van der Waals surface area contributed by atoms with Gasteiger partial charge in [0.15, 0.2) is 0 Å². The highest BCUT2D eigenvalue weighted by atomic mass is 32.2. The number of amides is 2. The maximum absolute atomic E-state index is 12.3. The van der Waals surface area contributed by atoms with Gasteiger partial charge in [0, 0.05) is 17.6 Å². The molecule has 114 valence electrons. The first-order valence-electron chi connectivity index (χ1n) is 6.39. The molecule has 0 spiro atoms. The number of carbonyl (C=O) groups excluding carboxylic acids is 2. The molecule has 6 nitrogen and oxygen atoms in total. The predicted octanol–water partition coefficient (Wildman–Crippen LogP) is 1.30. The summed E-state index contributed by atoms with van der Waals surface area (Å²) < 4.78 is 0. The monoisotopic (exact) mass is 328 g/mol. The zero-order valence-corrected chi connectivity index (χ0v) is 13.1. The van der Waals surface area contributed by atoms with Gasteiger partial charge in [-0.2, -0.15) is 0 Å². The first kappa shape index (κ1) is 15.8. The van der Waals surface area contributed by atoms with E-state index in [-0.39, 0.29) is 18.2 Å². The molecule has 0 saturated carbocycles. The van der Waals surface area contributed by atoms with Crippen LogP contribution in [0, 0.1) is 0 Å². The van der Waals surface area contributed by atoms with Crippen molar-refractivity contribution < 1.29 is 19.5 Å². The van der Waals surface area contributed by atoms with Crippen LogP contribution in [0.4, 0.5) is 0 Å². The Balaban J connectivity index is 2.07. The first-order chi connectivity index (χ1) is 9.99. The molecule has 0 aliphatic carbocycles. The Kier molecular flexibility index (Phi) is 5.24. The molecule has 1 aliphatic rings. The van der Waals surface area contributed by atoms with Crippen molar-refractivity contribution in [2.45, 2.75) is 25.4 Å². The summed E-state index contributed by atoms with van der Waals surface area (Å²) in [4.78, 5) is 37.1. The summed E-state index contributed by atoms with van der Waals surface area (Å²) in [5, 5.41) is 13.6. The maximum Gasteiger partial charge on any atom is 0.305 e. The van der Waals surface area contributed by atoms with Gasteiger partial charge in [-0.15, -0.1) is 23.1 Å². The number of rotatable bonds is 5. The van der Waals surface area contributed by atoms with Gasteiger partial charge in [-0.1, -0.05) is 6.07 Å². The summed E-state index contributed by atoms with van der Waals surface area (Å²) in [6.07, 6.45) is -0.174. The second-order valence-electron chi connectivity index (χ2n) is 4.68. The molecule has 2 amide bonds. The standard InChI is InChI=1S/C13H16N2O4S2/c1-8(16)15-7-20-6-10(15)13(19)14-9(5-12(17)18)11-3-2-4-21-11/h2-4,9-10H,5-7H2,1H3,(H,14,19)(H,17,18). The number of carboxylic acids is 1. The second kappa shape index (κ2) is 6.95. The van der Waals surface area contributed by atoms with E-state index in [0.717, 1.165) is 4.88 Å². The Bertz CT molecular complexity index is 532. The molecule has 1 aromatic rings. The van der Waals surface area contributed by atoms with Gasteiger partial charge < -0.3 is 15.3 Å². The Hall–Kier alpha value is -1.54. The van der Waals surface area contributed by atoms with Crippen molar-refractivity contribution >= 4 is 40.9 Å². The molecule has 0 radical (unpaired) electrons. The molecule has 8 heteroatoms. The van der Waals surface area contributed by atoms with Gasteiger partial charge in [0.05, 0.1) is 18.3 Å². The summed E-state index contributed by atoms with van der Waals surface area (Å²) >= 11 is 2.92. The van der Waals surface area contributed by atoms with Crippen molar-refractivity contribution in [1.29, 1.82) is 0 Å². The Morgan fingerprint density at radius 1 is 1.52 bits per heavy atom. The van der Waals surface area contributed by atoms with Crippen molar-refractivity contribution in [2.24, 2.45) is 0 Å². The van der Waals surface area contributed by atoms with E-state index in [9.17, 15) is 14.4 Å². The molecular formula is C13H16N2O4S2. The third-order valence-corrected chi connectivity index (χ3v) is 5.17. The number of thioether (sulfide) groups is 1. The molecule has 2 heterocycles. The third kappa shape index (κ3) is 3.98. The fourth-order valence-corrected chi connectivity index (χ4v) is 4.12. The van der Waals surface area contributed by atoms with Crippen LogP contribution in [-0.4, -0.2) is 45.5 Å². The van der Waals surface area contributed by atoms with Gasteiger partial charge in [0.25, 0.3) is 0 Å². The van der Waals surface area contributed by atoms with Gasteiger partial charge in [0.1, 0.15) is 6.04 Å². The van der Waals surface area contributed by atoms with Gasteiger partial charge in [0.2, 0.25) is 11.8 Å². The number of carbonyl (C=O) groups is 3. The lowest BCUT2D eigenvalue weighted by atomic mass is 10.1. The van der Waals surface area contributed by atoms with Gasteiger partial charge in [-0.05, 0) is 11.4 Å². The molecule has 1 saturated heterocycles. The molecule has 2 atom stereocenters. The summed E-state index contributed by atoms with van der Waals surface area (Å²) in [5.41, 5.74) is 0. The van der Waals surface area contributed by atoms with E-state index >= 15 is 0 Å². The van der Waals surface area contributed by atoms with Crippen LogP contribution >= 0.6 is 23.1 Å². The number of nitrogens with zero attached hydrogens (tertiary/aromatic N) is 1. The van der Waals surface area contributed by atoms with E-state index in [4.69, 9.17) is 5.11 Å². The van der Waals surface area contributed by atoms with Gasteiger partial charge in [-0.3, -0.25) is 14.4 Å². The van der Waals surface area contributed by atoms with Crippen LogP contribution in [0.3, 0.4) is 0 Å². The number of carboxylic acid groups (broad SMARTS) is 1. The second-order valence-corrected chi connectivity index (χ2v) is 6.66. The fourth-order valence-electron chi connectivity index (χ4n) is 2.13. The Morgan fingerprint density at radius 2 is 2.29 bits per heavy atom. The smallest absolute Gasteiger partial charge is 0.305 e. The summed E-state index contributed by atoms with van der Waals surface area (Å²) in [7, 11) is 0. The van der Waals surface area contributed by atoms with Crippen LogP contribution in [0.15, 0.2) is 17.5 Å². The van der Waals surface area contributed by atoms with Crippen LogP contribution in [0.2, 0.25) is 0 Å². The SMILES string of the molecule is CC(=O)N1CSCC1C(=O)NC(CC(=O)O)c1cccs1. The molecular weight excluding hydrogens is 312 g/mol. The minimum atomic E-state index is -0.974. The van der Waals surface area contributed by atoms with Gasteiger partial charge in [-0.25, -0.2) is 0 Å². The highest BCUT2D eigenvalue weighted by Crippen LogP contribution is 2.25. The average Bonchev–Trinajstić information content (AvgIpc) is 3.08. The molecule has 1 fully saturated rings. The summed E-state index contributed by atoms with van der Waals surface area (Å²) in [6.45, 7) is 1.43. The van der Waals surface area contributed by atoms with Crippen LogP contribution in [0.25, 0.3) is 0 Å². The molecule has 2 unspecified atom stereocenters. The lowest BCUT2D eigenvalue weighted by Crippen LogP contribution is -2.47. The number of thiophene rings is 1. The minimum Gasteiger partial charge on any atom is -0.481 e. The highest BCUT2D eigenvalue weighted by Gasteiger charge is 2.34. The Labute approximate surface area is 130 Å². The quantitative estimate of drug-likeness (QED) is 0.851. The van der Waals surface area contributed by atoms with Gasteiger partial charge >= 0.3 is 5.97 Å². The molecule has 1 aromatic heterocycles. The third-order valence-electron chi connectivity index (χ3n) is 3.17. The summed E-state index contributed by atoms with van der Waals surface area (Å²) in [5.74, 6) is -0.384. The molecule has 2 rings (SSSR count). The molecule has 2 N–H and O–H groups in total. The maximum atomic E-state index is 12.3. The zero-order chi connectivity index (χ0) is 15.4. The highest BCUT2D eigenvalue weighted by molar-refractivity contribution is 7.99. The van der Waals surface area contributed by atoms with E-state index in [2.05, 4.69) is 5.32 Å². The van der Waals surface area contributed by atoms with E-state index < -0.39 is 18.1 Å². The van der Waals surface area contributed by atoms with E-state index in [1.807, 2.05) is 11.4 Å². The van der Waals surface area contributed by atoms with Crippen molar-refractivity contribution in [1.82, 2.24) is 10.2 Å². The van der Waals surface area contributed by atoms with E-state index in [0.29, 0.717) is 11.6 Å². The molecule has 21 heavy (non-hydrogen) atoms. The first-order valence-corrected chi connectivity index (χ1v) is 8.43. The number of hydrogen-bond acceptors (Lipinski definition) is 5. The van der Waals surface area contributed by atoms with Crippen LogP contribution in [-0.2, 0) is 14.4 Å². The molecule has 0 bridgehead atoms. The van der Waals surface area contributed by atoms with Crippen LogP contribution in [0.5, 0.6) is 0 Å². The fraction of sp³-hybridized carbons (Fsp3) is 0.462. The van der Waals surface area contributed by atoms with E-state index in [1.165, 1.54) is 34.9 Å². The average molecular weight is 328 g/mol. The topological polar surface area (TPSA) is 86.7 Å². The van der Waals surface area contributed by atoms with Crippen molar-refractivity contribution in [2.75, 3.05) is 11.6 Å². The largest absolute Gasteiger partial charge is 0.481 e. The predicted molar refractivity (Wildman–Crippen MR) is 81.1 cm³/mol. The van der Waals surface area contributed by atoms with Crippen LogP contribution in [0.1, 0.15) is 24.3 Å². The summed E-state index contributed by atoms with van der Waals surface area (Å²) in [6, 6.07) is 2.53. The normalized spacial score (nSPS) is 19.3. The number of nitrogens with one attached hydrogen (secondary N) is 1. The lowest BCUT2D eigenvalue weighted by molar-refractivity contribution is -0.139. The van der Waals surface area contributed by atoms with Crippen molar-refractivity contribution in [3.8, 4) is 0 Å². The minimum absolute atomic E-state index is 0.147. The number of aliphatic carboxylic acids is 1. The molecule has 0 aromatic carbocycles. The zero-order valence-electron chi connectivity index (χ0n) is 11.4. The van der Waals surface area contributed by atoms with Crippen molar-refractivity contribution in [3.05, 3.63) is 22.4 Å².